The molecule has 0 aliphatic heterocycles. The molecule has 0 aliphatic carbocycles. The molecule has 0 fully saturated rings. The first-order valence-corrected chi connectivity index (χ1v) is 6.81. The Kier molecular flexibility index (Phi) is 3.82. The molecule has 0 bridgehead atoms. The zero-order valence-corrected chi connectivity index (χ0v) is 11.6. The maximum Gasteiger partial charge on any atom is 0.257 e. The van der Waals surface area contributed by atoms with Gasteiger partial charge in [-0.1, -0.05) is 18.2 Å². The SMILES string of the molecule is O=C(NCCc1nc2ccccc2[nH]1)c1c(F)cccc1F. The lowest BCUT2D eigenvalue weighted by atomic mass is 10.2. The van der Waals surface area contributed by atoms with Crippen molar-refractivity contribution in [2.24, 2.45) is 0 Å². The minimum Gasteiger partial charge on any atom is -0.351 e. The van der Waals surface area contributed by atoms with Crippen LogP contribution in [0.4, 0.5) is 8.78 Å². The Morgan fingerprint density at radius 3 is 2.55 bits per heavy atom. The molecular weight excluding hydrogens is 288 g/mol. The fraction of sp³-hybridized carbons (Fsp3) is 0.125. The number of fused-ring (bicyclic) bond motifs is 1. The average Bonchev–Trinajstić information content (AvgIpc) is 2.89. The summed E-state index contributed by atoms with van der Waals surface area (Å²) in [5, 5.41) is 2.49. The number of hydrogen-bond acceptors (Lipinski definition) is 2. The fourth-order valence-electron chi connectivity index (χ4n) is 2.22. The number of H-pyrrole nitrogens is 1. The number of aromatic nitrogens is 2. The van der Waals surface area contributed by atoms with E-state index in [1.165, 1.54) is 6.07 Å². The summed E-state index contributed by atoms with van der Waals surface area (Å²) < 4.78 is 26.9. The van der Waals surface area contributed by atoms with E-state index in [4.69, 9.17) is 0 Å². The molecule has 0 unspecified atom stereocenters. The highest BCUT2D eigenvalue weighted by molar-refractivity contribution is 5.94. The van der Waals surface area contributed by atoms with Crippen molar-refractivity contribution >= 4 is 16.9 Å². The Morgan fingerprint density at radius 2 is 1.82 bits per heavy atom. The van der Waals surface area contributed by atoms with Crippen molar-refractivity contribution in [2.75, 3.05) is 6.54 Å². The Labute approximate surface area is 125 Å². The molecule has 3 rings (SSSR count). The standard InChI is InChI=1S/C16H13F2N3O/c17-10-4-3-5-11(18)15(10)16(22)19-9-8-14-20-12-6-1-2-7-13(12)21-14/h1-7H,8-9H2,(H,19,22)(H,20,21). The lowest BCUT2D eigenvalue weighted by Gasteiger charge is -2.06. The molecule has 1 amide bonds. The summed E-state index contributed by atoms with van der Waals surface area (Å²) in [5.74, 6) is -1.82. The average molecular weight is 301 g/mol. The number of aromatic amines is 1. The molecule has 0 aliphatic rings. The van der Waals surface area contributed by atoms with Crippen molar-refractivity contribution in [3.63, 3.8) is 0 Å². The van der Waals surface area contributed by atoms with Crippen molar-refractivity contribution in [3.8, 4) is 0 Å². The monoisotopic (exact) mass is 301 g/mol. The Bertz CT molecular complexity index is 776. The van der Waals surface area contributed by atoms with Crippen LogP contribution in [0.1, 0.15) is 16.2 Å². The lowest BCUT2D eigenvalue weighted by molar-refractivity contribution is 0.0945. The van der Waals surface area contributed by atoms with Gasteiger partial charge in [-0.3, -0.25) is 4.79 Å². The van der Waals surface area contributed by atoms with E-state index in [1.54, 1.807) is 0 Å². The molecular formula is C16H13F2N3O. The van der Waals surface area contributed by atoms with Gasteiger partial charge in [0.1, 0.15) is 23.0 Å². The first kappa shape index (κ1) is 14.2. The van der Waals surface area contributed by atoms with Crippen LogP contribution in [0.3, 0.4) is 0 Å². The van der Waals surface area contributed by atoms with Gasteiger partial charge in [0.2, 0.25) is 0 Å². The van der Waals surface area contributed by atoms with Crippen LogP contribution in [0, 0.1) is 11.6 Å². The van der Waals surface area contributed by atoms with Crippen LogP contribution >= 0.6 is 0 Å². The second kappa shape index (κ2) is 5.93. The molecule has 4 nitrogen and oxygen atoms in total. The van der Waals surface area contributed by atoms with E-state index in [0.29, 0.717) is 12.2 Å². The summed E-state index contributed by atoms with van der Waals surface area (Å²) in [5.41, 5.74) is 1.18. The maximum atomic E-state index is 13.5. The molecule has 2 aromatic carbocycles. The molecule has 0 spiro atoms. The lowest BCUT2D eigenvalue weighted by Crippen LogP contribution is -2.27. The number of benzene rings is 2. The number of halogens is 2. The van der Waals surface area contributed by atoms with Crippen LogP contribution in [-0.4, -0.2) is 22.4 Å². The second-order valence-electron chi connectivity index (χ2n) is 4.80. The van der Waals surface area contributed by atoms with E-state index in [1.807, 2.05) is 24.3 Å². The van der Waals surface area contributed by atoms with E-state index in [-0.39, 0.29) is 6.54 Å². The minimum atomic E-state index is -0.874. The van der Waals surface area contributed by atoms with Gasteiger partial charge in [0.05, 0.1) is 11.0 Å². The molecule has 0 saturated heterocycles. The van der Waals surface area contributed by atoms with Crippen LogP contribution in [-0.2, 0) is 6.42 Å². The molecule has 0 saturated carbocycles. The highest BCUT2D eigenvalue weighted by Gasteiger charge is 2.16. The van der Waals surface area contributed by atoms with Crippen molar-refractivity contribution in [2.45, 2.75) is 6.42 Å². The number of nitrogens with one attached hydrogen (secondary N) is 2. The highest BCUT2D eigenvalue weighted by Crippen LogP contribution is 2.12. The molecule has 0 radical (unpaired) electrons. The number of carbonyl (C=O) groups excluding carboxylic acids is 1. The molecule has 112 valence electrons. The van der Waals surface area contributed by atoms with E-state index in [2.05, 4.69) is 15.3 Å². The summed E-state index contributed by atoms with van der Waals surface area (Å²) in [6.45, 7) is 0.229. The van der Waals surface area contributed by atoms with Gasteiger partial charge >= 0.3 is 0 Å². The van der Waals surface area contributed by atoms with Crippen molar-refractivity contribution in [1.29, 1.82) is 0 Å². The normalized spacial score (nSPS) is 10.8. The summed E-state index contributed by atoms with van der Waals surface area (Å²) in [4.78, 5) is 19.3. The number of carbonyl (C=O) groups is 1. The van der Waals surface area contributed by atoms with E-state index >= 15 is 0 Å². The number of imidazole rings is 1. The van der Waals surface area contributed by atoms with Gasteiger partial charge in [0.25, 0.3) is 5.91 Å². The molecule has 1 aromatic heterocycles. The number of nitrogens with zero attached hydrogens (tertiary/aromatic N) is 1. The van der Waals surface area contributed by atoms with Crippen LogP contribution in [0.15, 0.2) is 42.5 Å². The Morgan fingerprint density at radius 1 is 1.09 bits per heavy atom. The third kappa shape index (κ3) is 2.81. The number of hydrogen-bond donors (Lipinski definition) is 2. The Balaban J connectivity index is 1.64. The summed E-state index contributed by atoms with van der Waals surface area (Å²) in [6, 6.07) is 10.9. The summed E-state index contributed by atoms with van der Waals surface area (Å²) >= 11 is 0. The van der Waals surface area contributed by atoms with E-state index in [9.17, 15) is 13.6 Å². The predicted octanol–water partition coefficient (Wildman–Crippen LogP) is 2.81. The molecule has 22 heavy (non-hydrogen) atoms. The van der Waals surface area contributed by atoms with Gasteiger partial charge in [-0.05, 0) is 24.3 Å². The topological polar surface area (TPSA) is 57.8 Å². The highest BCUT2D eigenvalue weighted by atomic mass is 19.1. The first-order valence-electron chi connectivity index (χ1n) is 6.81. The third-order valence-electron chi connectivity index (χ3n) is 3.28. The number of rotatable bonds is 4. The van der Waals surface area contributed by atoms with Crippen LogP contribution in [0.5, 0.6) is 0 Å². The van der Waals surface area contributed by atoms with Crippen LogP contribution < -0.4 is 5.32 Å². The van der Waals surface area contributed by atoms with E-state index in [0.717, 1.165) is 23.2 Å². The molecule has 1 heterocycles. The zero-order chi connectivity index (χ0) is 15.5. The van der Waals surface area contributed by atoms with Gasteiger partial charge in [-0.2, -0.15) is 0 Å². The second-order valence-corrected chi connectivity index (χ2v) is 4.80. The maximum absolute atomic E-state index is 13.5. The zero-order valence-electron chi connectivity index (χ0n) is 11.6. The first-order chi connectivity index (χ1) is 10.6. The van der Waals surface area contributed by atoms with E-state index < -0.39 is 23.1 Å². The summed E-state index contributed by atoms with van der Waals surface area (Å²) in [6.07, 6.45) is 0.441. The quantitative estimate of drug-likeness (QED) is 0.778. The summed E-state index contributed by atoms with van der Waals surface area (Å²) in [7, 11) is 0. The van der Waals surface area contributed by atoms with Gasteiger partial charge in [-0.15, -0.1) is 0 Å². The molecule has 3 aromatic rings. The van der Waals surface area contributed by atoms with Crippen molar-refractivity contribution < 1.29 is 13.6 Å². The molecule has 0 atom stereocenters. The van der Waals surface area contributed by atoms with Crippen molar-refractivity contribution in [3.05, 3.63) is 65.5 Å². The number of amides is 1. The smallest absolute Gasteiger partial charge is 0.257 e. The Hall–Kier alpha value is -2.76. The largest absolute Gasteiger partial charge is 0.351 e. The van der Waals surface area contributed by atoms with Gasteiger partial charge < -0.3 is 10.3 Å². The van der Waals surface area contributed by atoms with Crippen molar-refractivity contribution in [1.82, 2.24) is 15.3 Å². The van der Waals surface area contributed by atoms with Gasteiger partial charge in [-0.25, -0.2) is 13.8 Å². The van der Waals surface area contributed by atoms with Gasteiger partial charge in [0, 0.05) is 13.0 Å². The fourth-order valence-corrected chi connectivity index (χ4v) is 2.22. The molecule has 6 heteroatoms. The number of para-hydroxylation sites is 2. The van der Waals surface area contributed by atoms with Gasteiger partial charge in [0.15, 0.2) is 0 Å². The molecule has 2 N–H and O–H groups in total. The van der Waals surface area contributed by atoms with Crippen LogP contribution in [0.25, 0.3) is 11.0 Å². The minimum absolute atomic E-state index is 0.229. The third-order valence-corrected chi connectivity index (χ3v) is 3.28. The van der Waals surface area contributed by atoms with Crippen LogP contribution in [0.2, 0.25) is 0 Å². The predicted molar refractivity (Wildman–Crippen MR) is 78.5 cm³/mol.